The molecule has 0 aliphatic carbocycles. The lowest BCUT2D eigenvalue weighted by Crippen LogP contribution is -2.16. The van der Waals surface area contributed by atoms with Gasteiger partial charge in [-0.25, -0.2) is 0 Å². The second kappa shape index (κ2) is 6.03. The van der Waals surface area contributed by atoms with Crippen LogP contribution in [0.5, 0.6) is 5.75 Å². The highest BCUT2D eigenvalue weighted by molar-refractivity contribution is 5.53. The lowest BCUT2D eigenvalue weighted by Gasteiger charge is -2.25. The van der Waals surface area contributed by atoms with Gasteiger partial charge in [0.2, 0.25) is 0 Å². The minimum absolute atomic E-state index is 0.155. The smallest absolute Gasteiger partial charge is 0.122 e. The van der Waals surface area contributed by atoms with E-state index >= 15 is 0 Å². The number of ether oxygens (including phenoxy) is 1. The van der Waals surface area contributed by atoms with Gasteiger partial charge in [0.25, 0.3) is 0 Å². The predicted molar refractivity (Wildman–Crippen MR) is 75.4 cm³/mol. The molecule has 1 atom stereocenters. The van der Waals surface area contributed by atoms with Gasteiger partial charge in [-0.3, -0.25) is 0 Å². The van der Waals surface area contributed by atoms with E-state index in [1.807, 2.05) is 6.07 Å². The van der Waals surface area contributed by atoms with E-state index in [4.69, 9.17) is 4.74 Å². The molecule has 18 heavy (non-hydrogen) atoms. The summed E-state index contributed by atoms with van der Waals surface area (Å²) in [5, 5.41) is 0. The molecule has 0 aliphatic rings. The molecular weight excluding hydrogens is 224 g/mol. The van der Waals surface area contributed by atoms with E-state index < -0.39 is 0 Å². The van der Waals surface area contributed by atoms with Crippen molar-refractivity contribution in [2.75, 3.05) is 7.11 Å². The van der Waals surface area contributed by atoms with Crippen LogP contribution in [0.25, 0.3) is 0 Å². The molecule has 0 saturated heterocycles. The molecule has 0 saturated carbocycles. The number of hydrogen-bond donors (Lipinski definition) is 0. The zero-order valence-corrected chi connectivity index (χ0v) is 12.1. The van der Waals surface area contributed by atoms with Gasteiger partial charge in [-0.05, 0) is 34.9 Å². The van der Waals surface area contributed by atoms with Crippen molar-refractivity contribution in [1.29, 1.82) is 0 Å². The molecule has 100 valence electrons. The molecule has 2 nitrogen and oxygen atoms in total. The third kappa shape index (κ3) is 3.12. The Kier molecular flexibility index (Phi) is 4.94. The summed E-state index contributed by atoms with van der Waals surface area (Å²) >= 11 is 0. The standard InChI is InChI=1S/C16H24O2/c1-6-16(3,4)13-7-8-15(18-5)14(11-13)12(2)9-10-17/h7-8,10-12H,6,9H2,1-5H3. The van der Waals surface area contributed by atoms with Gasteiger partial charge in [0, 0.05) is 6.42 Å². The van der Waals surface area contributed by atoms with Crippen LogP contribution >= 0.6 is 0 Å². The van der Waals surface area contributed by atoms with Crippen LogP contribution in [0.2, 0.25) is 0 Å². The summed E-state index contributed by atoms with van der Waals surface area (Å²) in [5.74, 6) is 1.07. The van der Waals surface area contributed by atoms with E-state index in [1.54, 1.807) is 7.11 Å². The highest BCUT2D eigenvalue weighted by Crippen LogP contribution is 2.34. The molecule has 0 fully saturated rings. The molecule has 1 rings (SSSR count). The van der Waals surface area contributed by atoms with Gasteiger partial charge >= 0.3 is 0 Å². The Hall–Kier alpha value is -1.31. The third-order valence-corrected chi connectivity index (χ3v) is 3.88. The van der Waals surface area contributed by atoms with E-state index in [1.165, 1.54) is 5.56 Å². The highest BCUT2D eigenvalue weighted by Gasteiger charge is 2.21. The van der Waals surface area contributed by atoms with Crippen LogP contribution < -0.4 is 4.74 Å². The Morgan fingerprint density at radius 1 is 1.39 bits per heavy atom. The number of aldehydes is 1. The SMILES string of the molecule is CCC(C)(C)c1ccc(OC)c(C(C)CC=O)c1. The van der Waals surface area contributed by atoms with Gasteiger partial charge in [-0.2, -0.15) is 0 Å². The molecule has 1 aromatic rings. The van der Waals surface area contributed by atoms with E-state index in [9.17, 15) is 4.79 Å². The molecule has 1 aromatic carbocycles. The monoisotopic (exact) mass is 248 g/mol. The Labute approximate surface area is 110 Å². The zero-order valence-electron chi connectivity index (χ0n) is 12.1. The highest BCUT2D eigenvalue weighted by atomic mass is 16.5. The van der Waals surface area contributed by atoms with Crippen LogP contribution in [0.1, 0.15) is 57.6 Å². The maximum absolute atomic E-state index is 10.7. The molecule has 1 unspecified atom stereocenters. The number of rotatable bonds is 6. The van der Waals surface area contributed by atoms with Crippen LogP contribution in [-0.4, -0.2) is 13.4 Å². The largest absolute Gasteiger partial charge is 0.496 e. The molecule has 0 N–H and O–H groups in total. The van der Waals surface area contributed by atoms with Crippen molar-refractivity contribution in [2.24, 2.45) is 0 Å². The molecule has 0 spiro atoms. The van der Waals surface area contributed by atoms with Gasteiger partial charge in [-0.1, -0.05) is 39.8 Å². The third-order valence-electron chi connectivity index (χ3n) is 3.88. The Morgan fingerprint density at radius 2 is 2.06 bits per heavy atom. The van der Waals surface area contributed by atoms with Crippen LogP contribution in [-0.2, 0) is 10.2 Å². The van der Waals surface area contributed by atoms with Crippen molar-refractivity contribution in [2.45, 2.75) is 51.9 Å². The Bertz CT molecular complexity index is 408. The molecule has 0 aromatic heterocycles. The number of carbonyl (C=O) groups excluding carboxylic acids is 1. The normalized spacial score (nSPS) is 13.2. The minimum atomic E-state index is 0.155. The fourth-order valence-electron chi connectivity index (χ4n) is 2.02. The van der Waals surface area contributed by atoms with Crippen LogP contribution in [0, 0.1) is 0 Å². The fraction of sp³-hybridized carbons (Fsp3) is 0.562. The van der Waals surface area contributed by atoms with Gasteiger partial charge in [-0.15, -0.1) is 0 Å². The number of carbonyl (C=O) groups is 1. The van der Waals surface area contributed by atoms with Crippen LogP contribution in [0.3, 0.4) is 0 Å². The summed E-state index contributed by atoms with van der Waals surface area (Å²) in [6.07, 6.45) is 2.59. The summed E-state index contributed by atoms with van der Waals surface area (Å²) in [6.45, 7) is 8.74. The average molecular weight is 248 g/mol. The molecule has 0 amide bonds. The van der Waals surface area contributed by atoms with Gasteiger partial charge in [0.05, 0.1) is 7.11 Å². The topological polar surface area (TPSA) is 26.3 Å². The summed E-state index contributed by atoms with van der Waals surface area (Å²) in [6, 6.07) is 6.33. The van der Waals surface area contributed by atoms with Crippen molar-refractivity contribution in [3.63, 3.8) is 0 Å². The van der Waals surface area contributed by atoms with Crippen LogP contribution in [0.4, 0.5) is 0 Å². The summed E-state index contributed by atoms with van der Waals surface area (Å²) in [5.41, 5.74) is 2.59. The molecule has 0 bridgehead atoms. The molecule has 2 heteroatoms. The predicted octanol–water partition coefficient (Wildman–Crippen LogP) is 4.08. The van der Waals surface area contributed by atoms with E-state index in [0.29, 0.717) is 6.42 Å². The van der Waals surface area contributed by atoms with E-state index in [2.05, 4.69) is 39.8 Å². The fourth-order valence-corrected chi connectivity index (χ4v) is 2.02. The first-order valence-corrected chi connectivity index (χ1v) is 6.58. The first-order chi connectivity index (χ1) is 8.46. The zero-order chi connectivity index (χ0) is 13.8. The van der Waals surface area contributed by atoms with Crippen molar-refractivity contribution < 1.29 is 9.53 Å². The van der Waals surface area contributed by atoms with Crippen LogP contribution in [0.15, 0.2) is 18.2 Å². The summed E-state index contributed by atoms with van der Waals surface area (Å²) in [4.78, 5) is 10.7. The summed E-state index contributed by atoms with van der Waals surface area (Å²) in [7, 11) is 1.68. The molecule has 0 heterocycles. The van der Waals surface area contributed by atoms with Crippen molar-refractivity contribution >= 4 is 6.29 Å². The van der Waals surface area contributed by atoms with Crippen molar-refractivity contribution in [3.8, 4) is 5.75 Å². The molecular formula is C16H24O2. The first-order valence-electron chi connectivity index (χ1n) is 6.58. The Morgan fingerprint density at radius 3 is 2.56 bits per heavy atom. The van der Waals surface area contributed by atoms with Gasteiger partial charge in [0.15, 0.2) is 0 Å². The maximum atomic E-state index is 10.7. The maximum Gasteiger partial charge on any atom is 0.122 e. The first kappa shape index (κ1) is 14.7. The lowest BCUT2D eigenvalue weighted by molar-refractivity contribution is -0.108. The molecule has 0 radical (unpaired) electrons. The van der Waals surface area contributed by atoms with E-state index in [0.717, 1.165) is 24.0 Å². The van der Waals surface area contributed by atoms with Gasteiger partial charge < -0.3 is 9.53 Å². The number of methoxy groups -OCH3 is 1. The quantitative estimate of drug-likeness (QED) is 0.709. The number of benzene rings is 1. The number of hydrogen-bond acceptors (Lipinski definition) is 2. The lowest BCUT2D eigenvalue weighted by atomic mass is 9.80. The van der Waals surface area contributed by atoms with Crippen molar-refractivity contribution in [1.82, 2.24) is 0 Å². The van der Waals surface area contributed by atoms with E-state index in [-0.39, 0.29) is 11.3 Å². The molecule has 0 aliphatic heterocycles. The second-order valence-corrected chi connectivity index (χ2v) is 5.50. The second-order valence-electron chi connectivity index (χ2n) is 5.50. The summed E-state index contributed by atoms with van der Waals surface area (Å²) < 4.78 is 5.40. The average Bonchev–Trinajstić information content (AvgIpc) is 2.38. The Balaban J connectivity index is 3.21. The van der Waals surface area contributed by atoms with Crippen molar-refractivity contribution in [3.05, 3.63) is 29.3 Å². The minimum Gasteiger partial charge on any atom is -0.496 e. The van der Waals surface area contributed by atoms with Gasteiger partial charge in [0.1, 0.15) is 12.0 Å².